The fourth-order valence-corrected chi connectivity index (χ4v) is 12.0. The maximum Gasteiger partial charge on any atom is 0.303 e. The van der Waals surface area contributed by atoms with Crippen LogP contribution in [0.15, 0.2) is 17.2 Å². The number of benzene rings is 2. The number of fused-ring (bicyclic) bond motifs is 7. The number of methoxy groups -OCH3 is 3. The number of esters is 1. The first-order chi connectivity index (χ1) is 34.3. The van der Waals surface area contributed by atoms with Gasteiger partial charge in [0.15, 0.2) is 53.1 Å². The van der Waals surface area contributed by atoms with E-state index in [0.29, 0.717) is 5.56 Å². The molecule has 9 N–H and O–H groups in total. The van der Waals surface area contributed by atoms with Gasteiger partial charge in [0.2, 0.25) is 17.8 Å². The summed E-state index contributed by atoms with van der Waals surface area (Å²) < 4.78 is 70.4. The molecule has 10 rings (SSSR count). The number of H-pyrrole nitrogens is 1. The number of aryl methyl sites for hydroxylation is 1. The van der Waals surface area contributed by atoms with Crippen LogP contribution in [0, 0.1) is 6.92 Å². The number of carbonyl (C=O) groups excluding carboxylic acids is 3. The summed E-state index contributed by atoms with van der Waals surface area (Å²) >= 11 is 0. The Morgan fingerprint density at radius 3 is 2.37 bits per heavy atom. The highest BCUT2D eigenvalue weighted by Crippen LogP contribution is 2.69. The molecule has 4 aromatic rings. The monoisotopic (exact) mass is 1030 g/mol. The highest BCUT2D eigenvalue weighted by molar-refractivity contribution is 6.13. The van der Waals surface area contributed by atoms with Crippen molar-refractivity contribution in [1.82, 2.24) is 19.5 Å². The van der Waals surface area contributed by atoms with Crippen LogP contribution in [0.1, 0.15) is 93.1 Å². The number of nitrogens with zero attached hydrogens (tertiary/aromatic N) is 3. The lowest BCUT2D eigenvalue weighted by molar-refractivity contribution is -0.427. The number of ketones is 2. The number of aromatic amines is 1. The molecule has 6 aliphatic rings. The van der Waals surface area contributed by atoms with Gasteiger partial charge in [-0.1, -0.05) is 0 Å². The van der Waals surface area contributed by atoms with Crippen molar-refractivity contribution in [2.75, 3.05) is 27.1 Å². The van der Waals surface area contributed by atoms with E-state index in [1.54, 1.807) is 19.9 Å². The molecule has 2 aromatic heterocycles. The number of Topliss-reactive ketones (excluding diaryl/α,β-unsaturated/α-hetero) is 2. The van der Waals surface area contributed by atoms with Gasteiger partial charge >= 0.3 is 5.97 Å². The third-order valence-electron chi connectivity index (χ3n) is 15.2. The number of carbonyl (C=O) groups is 3. The Morgan fingerprint density at radius 1 is 1.03 bits per heavy atom. The number of hydrogen-bond donors (Lipinski definition) is 8. The number of nitrogens with two attached hydrogens (primary N) is 1. The number of nitrogen functional groups attached to an aromatic ring is 1. The predicted octanol–water partition coefficient (Wildman–Crippen LogP) is -0.162. The molecule has 0 radical (unpaired) electrons. The molecule has 7 heterocycles. The van der Waals surface area contributed by atoms with Crippen LogP contribution in [-0.4, -0.2) is 173 Å². The van der Waals surface area contributed by atoms with Crippen molar-refractivity contribution >= 4 is 45.4 Å². The van der Waals surface area contributed by atoms with Crippen LogP contribution in [0.3, 0.4) is 0 Å². The fourth-order valence-electron chi connectivity index (χ4n) is 12.0. The van der Waals surface area contributed by atoms with Gasteiger partial charge < -0.3 is 93.0 Å². The lowest BCUT2D eigenvalue weighted by atomic mass is 9.74. The highest BCUT2D eigenvalue weighted by Gasteiger charge is 2.88. The molecular weight excluding hydrogens is 971 g/mol. The van der Waals surface area contributed by atoms with E-state index < -0.39 is 143 Å². The molecule has 26 nitrogen and oxygen atoms in total. The first-order valence-corrected chi connectivity index (χ1v) is 23.4. The van der Waals surface area contributed by atoms with Gasteiger partial charge in [-0.25, -0.2) is 4.98 Å². The summed E-state index contributed by atoms with van der Waals surface area (Å²) in [6.45, 7) is 7.53. The lowest BCUT2D eigenvalue weighted by Crippen LogP contribution is -2.78. The smallest absolute Gasteiger partial charge is 0.303 e. The van der Waals surface area contributed by atoms with Gasteiger partial charge in [-0.3, -0.25) is 24.2 Å². The van der Waals surface area contributed by atoms with E-state index >= 15 is 0 Å². The van der Waals surface area contributed by atoms with Crippen molar-refractivity contribution < 1.29 is 97.1 Å². The minimum Gasteiger partial charge on any atom is -0.506 e. The number of ether oxygens (including phenoxy) is 11. The molecule has 0 amide bonds. The number of anilines is 1. The summed E-state index contributed by atoms with van der Waals surface area (Å²) in [5.74, 6) is -8.85. The molecule has 26 heteroatoms. The van der Waals surface area contributed by atoms with Crippen molar-refractivity contribution in [1.29, 1.82) is 0 Å². The summed E-state index contributed by atoms with van der Waals surface area (Å²) in [6.07, 6.45) is -15.6. The second-order valence-corrected chi connectivity index (χ2v) is 19.8. The van der Waals surface area contributed by atoms with E-state index in [1.165, 1.54) is 53.0 Å². The molecule has 4 fully saturated rings. The Hall–Kier alpha value is -5.46. The molecule has 5 aliphatic heterocycles. The highest BCUT2D eigenvalue weighted by atomic mass is 16.9. The molecule has 396 valence electrons. The van der Waals surface area contributed by atoms with Gasteiger partial charge in [-0.15, -0.1) is 0 Å². The van der Waals surface area contributed by atoms with E-state index in [2.05, 4.69) is 15.0 Å². The molecule has 0 spiro atoms. The van der Waals surface area contributed by atoms with Crippen LogP contribution in [0.4, 0.5) is 5.95 Å². The predicted molar refractivity (Wildman–Crippen MR) is 243 cm³/mol. The van der Waals surface area contributed by atoms with Crippen molar-refractivity contribution in [2.24, 2.45) is 0 Å². The van der Waals surface area contributed by atoms with Crippen molar-refractivity contribution in [3.63, 3.8) is 0 Å². The molecule has 4 saturated heterocycles. The van der Waals surface area contributed by atoms with Crippen LogP contribution in [0.5, 0.6) is 17.2 Å². The molecule has 1 aliphatic carbocycles. The second kappa shape index (κ2) is 17.3. The number of hydrogen-bond acceptors (Lipinski definition) is 24. The standard InChI is InChI=1S/C47H57N5O21/c1-16-10-21-28(33(58)30-29(34(21)63-7)23(11-22(55)32(30)57)69-26-13-43(6,60)37(17(2)66-26)68-20(5)54)35-27(16)36-38-46(71-35,70-25-12-24(56)45(62,18(3)53)19(4)67-25)44(61,47(72-36,73-38)41(64-8)65-9)14-52-15-49-39-31(52)40(59)51-42(48)50-39/h10,15,17,19,22-26,36-38,41,55-56,58,60-62H,11-14H2,1-9H3,(H3,48,50,51,59)/t17-,19-,22-,23-,24+,25-,26-,36-,37+,38-,43+,44-,45+,46+,47-/m0/s1. The van der Waals surface area contributed by atoms with E-state index in [4.69, 9.17) is 57.8 Å². The summed E-state index contributed by atoms with van der Waals surface area (Å²) in [5, 5.41) is 72.3. The Bertz CT molecular complexity index is 3000. The number of aliphatic hydroxyl groups is 5. The van der Waals surface area contributed by atoms with E-state index in [1.807, 2.05) is 0 Å². The summed E-state index contributed by atoms with van der Waals surface area (Å²) in [7, 11) is 3.79. The molecule has 15 atom stereocenters. The van der Waals surface area contributed by atoms with E-state index in [9.17, 15) is 49.8 Å². The molecule has 2 aromatic carbocycles. The zero-order chi connectivity index (χ0) is 52.8. The average Bonchev–Trinajstić information content (AvgIpc) is 3.96. The van der Waals surface area contributed by atoms with Gasteiger partial charge in [0.1, 0.15) is 35.1 Å². The summed E-state index contributed by atoms with van der Waals surface area (Å²) in [5.41, 5.74) is -1.95. The largest absolute Gasteiger partial charge is 0.506 e. The van der Waals surface area contributed by atoms with Gasteiger partial charge in [0.25, 0.3) is 17.1 Å². The number of imidazole rings is 1. The number of aromatic hydroxyl groups is 1. The topological polar surface area (TPSA) is 364 Å². The summed E-state index contributed by atoms with van der Waals surface area (Å²) in [4.78, 5) is 63.4. The zero-order valence-electron chi connectivity index (χ0n) is 41.1. The van der Waals surface area contributed by atoms with Crippen molar-refractivity contribution in [3.05, 3.63) is 45.0 Å². The quantitative estimate of drug-likeness (QED) is 0.0675. The number of phenols is 1. The third-order valence-corrected chi connectivity index (χ3v) is 15.2. The number of nitrogens with one attached hydrogen (secondary N) is 1. The lowest BCUT2D eigenvalue weighted by Gasteiger charge is -2.56. The minimum atomic E-state index is -2.83. The van der Waals surface area contributed by atoms with Crippen molar-refractivity contribution in [2.45, 2.75) is 163 Å². The number of aromatic nitrogens is 4. The molecule has 0 saturated carbocycles. The van der Waals surface area contributed by atoms with E-state index in [-0.39, 0.29) is 63.4 Å². The SMILES string of the molecule is COc1c2c(c(O)c3c4c(c(C)cc13)[C@@H]1O[C@@]3(C(OC)OC)O[C@@H]1[C@@](O[C@H]1C[C@@H](O)[C@@](O)(C(C)=O)[C@H](C)O1)(O4)[C@@]3(O)Cn1cnc3nc(N)[nH]c(=O)c31)C(=O)[C@@H](O)C[C@@H]2O[C@H]1C[C@@](C)(O)[C@H](OC(C)=O)[C@H](C)O1. The fraction of sp³-hybridized carbons (Fsp3) is 0.617. The van der Waals surface area contributed by atoms with Crippen LogP contribution >= 0.6 is 0 Å². The first kappa shape index (κ1) is 51.0. The van der Waals surface area contributed by atoms with Gasteiger partial charge in [0, 0.05) is 56.9 Å². The second-order valence-electron chi connectivity index (χ2n) is 19.8. The van der Waals surface area contributed by atoms with Gasteiger partial charge in [-0.2, -0.15) is 4.98 Å². The van der Waals surface area contributed by atoms with E-state index in [0.717, 1.165) is 6.92 Å². The molecule has 0 unspecified atom stereocenters. The van der Waals surface area contributed by atoms with Crippen LogP contribution in [0.25, 0.3) is 21.9 Å². The minimum absolute atomic E-state index is 0.00504. The zero-order valence-corrected chi connectivity index (χ0v) is 41.1. The number of phenolic OH excluding ortho intramolecular Hbond substituents is 1. The van der Waals surface area contributed by atoms with Crippen LogP contribution in [-0.2, 0) is 58.8 Å². The van der Waals surface area contributed by atoms with Crippen LogP contribution in [0.2, 0.25) is 0 Å². The Labute approximate surface area is 414 Å². The average molecular weight is 1030 g/mol. The van der Waals surface area contributed by atoms with Crippen LogP contribution < -0.4 is 20.8 Å². The van der Waals surface area contributed by atoms with Gasteiger partial charge in [-0.05, 0) is 46.2 Å². The molecular formula is C47H57N5O21. The summed E-state index contributed by atoms with van der Waals surface area (Å²) in [6, 6.07) is 1.62. The van der Waals surface area contributed by atoms with Crippen molar-refractivity contribution in [3.8, 4) is 17.2 Å². The third kappa shape index (κ3) is 7.10. The molecule has 2 bridgehead atoms. The Balaban J connectivity index is 1.18. The number of rotatable bonds is 12. The number of aliphatic hydroxyl groups excluding tert-OH is 2. The maximum absolute atomic E-state index is 14.3. The maximum atomic E-state index is 14.3. The Kier molecular flexibility index (Phi) is 12.1. The normalized spacial score (nSPS) is 37.6. The Morgan fingerprint density at radius 2 is 1.74 bits per heavy atom. The van der Waals surface area contributed by atoms with Gasteiger partial charge in [0.05, 0.1) is 55.3 Å². The molecule has 73 heavy (non-hydrogen) atoms. The first-order valence-electron chi connectivity index (χ1n) is 23.4.